The lowest BCUT2D eigenvalue weighted by Gasteiger charge is -2.36. The zero-order valence-corrected chi connectivity index (χ0v) is 19.7. The third-order valence-corrected chi connectivity index (χ3v) is 9.79. The summed E-state index contributed by atoms with van der Waals surface area (Å²) in [5, 5.41) is 3.92. The Morgan fingerprint density at radius 1 is 0.833 bits per heavy atom. The third-order valence-electron chi connectivity index (χ3n) is 4.35. The molecule has 0 heterocycles. The quantitative estimate of drug-likeness (QED) is 0.330. The molecule has 0 amide bonds. The second-order valence-corrected chi connectivity index (χ2v) is 13.4. The van der Waals surface area contributed by atoms with Crippen molar-refractivity contribution >= 4 is 17.8 Å². The summed E-state index contributed by atoms with van der Waals surface area (Å²) in [6, 6.07) is 0. The van der Waals surface area contributed by atoms with E-state index in [2.05, 4.69) is 53.0 Å². The highest BCUT2D eigenvalue weighted by molar-refractivity contribution is 6.72. The molecular weight excluding hydrogens is 334 g/mol. The van der Waals surface area contributed by atoms with Crippen LogP contribution in [0.4, 0.5) is 0 Å². The molecule has 24 heavy (non-hydrogen) atoms. The molecule has 0 aliphatic carbocycles. The minimum atomic E-state index is -1.71. The van der Waals surface area contributed by atoms with E-state index in [1.807, 2.05) is 0 Å². The van der Waals surface area contributed by atoms with Crippen LogP contribution in [0.2, 0.25) is 13.1 Å². The van der Waals surface area contributed by atoms with E-state index in [0.29, 0.717) is 11.3 Å². The Morgan fingerprint density at radius 2 is 1.38 bits per heavy atom. The summed E-state index contributed by atoms with van der Waals surface area (Å²) in [5.74, 6) is 0.0428. The summed E-state index contributed by atoms with van der Waals surface area (Å²) in [6.07, 6.45) is 5.46. The maximum absolute atomic E-state index is 6.24. The molecule has 0 spiro atoms. The van der Waals surface area contributed by atoms with Crippen LogP contribution in [-0.4, -0.2) is 54.9 Å². The number of hydrogen-bond acceptors (Lipinski definition) is 4. The lowest BCUT2D eigenvalue weighted by atomic mass is 10.4. The normalized spacial score (nSPS) is 15.5. The van der Waals surface area contributed by atoms with Crippen molar-refractivity contribution in [2.45, 2.75) is 97.1 Å². The van der Waals surface area contributed by atoms with Crippen molar-refractivity contribution in [2.75, 3.05) is 19.8 Å². The minimum Gasteiger partial charge on any atom is -0.416 e. The number of nitrogens with one attached hydrogen (secondary N) is 1. The van der Waals surface area contributed by atoms with Gasteiger partial charge in [0.25, 0.3) is 0 Å². The van der Waals surface area contributed by atoms with Gasteiger partial charge >= 0.3 is 0 Å². The zero-order chi connectivity index (χ0) is 18.4. The topological polar surface area (TPSA) is 39.7 Å². The summed E-state index contributed by atoms with van der Waals surface area (Å²) in [5.41, 5.74) is 1.05. The van der Waals surface area contributed by atoms with Gasteiger partial charge in [-0.3, -0.25) is 0 Å². The van der Waals surface area contributed by atoms with Crippen LogP contribution >= 0.6 is 0 Å². The van der Waals surface area contributed by atoms with E-state index in [0.717, 1.165) is 51.9 Å². The van der Waals surface area contributed by atoms with Crippen LogP contribution in [0.15, 0.2) is 0 Å². The number of hydrogen-bond donors (Lipinski definition) is 1. The highest BCUT2D eigenvalue weighted by Crippen LogP contribution is 2.15. The van der Waals surface area contributed by atoms with Crippen molar-refractivity contribution < 1.29 is 13.9 Å². The fourth-order valence-corrected chi connectivity index (χ4v) is 7.44. The van der Waals surface area contributed by atoms with Crippen LogP contribution in [0.1, 0.15) is 66.7 Å². The number of ether oxygens (including phenoxy) is 2. The van der Waals surface area contributed by atoms with E-state index in [9.17, 15) is 0 Å². The van der Waals surface area contributed by atoms with Gasteiger partial charge in [0.05, 0.1) is 0 Å². The Bertz CT molecular complexity index is 285. The molecule has 0 aliphatic rings. The zero-order valence-electron chi connectivity index (χ0n) is 17.3. The first kappa shape index (κ1) is 24.3. The fourth-order valence-electron chi connectivity index (χ4n) is 2.83. The van der Waals surface area contributed by atoms with E-state index >= 15 is 0 Å². The minimum absolute atomic E-state index is 0.0428. The van der Waals surface area contributed by atoms with E-state index in [1.165, 1.54) is 0 Å². The Labute approximate surface area is 154 Å². The molecule has 146 valence electrons. The van der Waals surface area contributed by atoms with E-state index in [-0.39, 0.29) is 5.91 Å². The molecule has 0 aromatic rings. The standard InChI is InChI=1S/C18H43NO3Si2/c1-8-13-20-18(21-14-9-2)23-16(11-4)19-17(12-5)24(6,7)22-15-10-3/h16-19H,8-15,23H2,1-7H3. The highest BCUT2D eigenvalue weighted by atomic mass is 28.4. The summed E-state index contributed by atoms with van der Waals surface area (Å²) in [4.78, 5) is 0. The summed E-state index contributed by atoms with van der Waals surface area (Å²) >= 11 is 0. The van der Waals surface area contributed by atoms with Gasteiger partial charge in [-0.25, -0.2) is 0 Å². The van der Waals surface area contributed by atoms with Crippen molar-refractivity contribution in [3.05, 3.63) is 0 Å². The van der Waals surface area contributed by atoms with Crippen molar-refractivity contribution in [3.63, 3.8) is 0 Å². The van der Waals surface area contributed by atoms with Crippen molar-refractivity contribution in [3.8, 4) is 0 Å². The Morgan fingerprint density at radius 3 is 1.79 bits per heavy atom. The van der Waals surface area contributed by atoms with Gasteiger partial charge in [-0.1, -0.05) is 34.6 Å². The molecule has 0 bridgehead atoms. The molecule has 0 aromatic heterocycles. The predicted molar refractivity (Wildman–Crippen MR) is 110 cm³/mol. The maximum atomic E-state index is 6.24. The average molecular weight is 378 g/mol. The van der Waals surface area contributed by atoms with Gasteiger partial charge < -0.3 is 19.2 Å². The van der Waals surface area contributed by atoms with Crippen molar-refractivity contribution in [1.29, 1.82) is 0 Å². The molecule has 6 heteroatoms. The van der Waals surface area contributed by atoms with Crippen LogP contribution in [0.25, 0.3) is 0 Å². The van der Waals surface area contributed by atoms with E-state index in [4.69, 9.17) is 13.9 Å². The lowest BCUT2D eigenvalue weighted by Crippen LogP contribution is -2.58. The lowest BCUT2D eigenvalue weighted by molar-refractivity contribution is -0.0912. The second kappa shape index (κ2) is 14.4. The molecule has 2 atom stereocenters. The second-order valence-electron chi connectivity index (χ2n) is 7.09. The molecular formula is C18H43NO3Si2. The highest BCUT2D eigenvalue weighted by Gasteiger charge is 2.34. The smallest absolute Gasteiger partial charge is 0.203 e. The maximum Gasteiger partial charge on any atom is 0.203 e. The first-order chi connectivity index (χ1) is 11.4. The fraction of sp³-hybridized carbons (Fsp3) is 1.00. The van der Waals surface area contributed by atoms with Gasteiger partial charge in [-0.2, -0.15) is 0 Å². The summed E-state index contributed by atoms with van der Waals surface area (Å²) in [6.45, 7) is 18.2. The molecule has 0 fully saturated rings. The first-order valence-corrected chi connectivity index (χ1v) is 14.7. The van der Waals surface area contributed by atoms with Gasteiger partial charge in [0.1, 0.15) is 15.4 Å². The summed E-state index contributed by atoms with van der Waals surface area (Å²) in [7, 11) is -2.22. The molecule has 4 nitrogen and oxygen atoms in total. The van der Waals surface area contributed by atoms with Gasteiger partial charge in [-0.05, 0) is 50.9 Å². The van der Waals surface area contributed by atoms with Gasteiger partial charge in [-0.15, -0.1) is 0 Å². The van der Waals surface area contributed by atoms with Crippen LogP contribution in [0.5, 0.6) is 0 Å². The van der Waals surface area contributed by atoms with Gasteiger partial charge in [0.2, 0.25) is 8.32 Å². The Balaban J connectivity index is 4.70. The molecule has 0 aromatic carbocycles. The largest absolute Gasteiger partial charge is 0.416 e. The van der Waals surface area contributed by atoms with Gasteiger partial charge in [0.15, 0.2) is 0 Å². The monoisotopic (exact) mass is 377 g/mol. The number of rotatable bonds is 16. The van der Waals surface area contributed by atoms with E-state index in [1.54, 1.807) is 0 Å². The first-order valence-electron chi connectivity index (χ1n) is 10.1. The third kappa shape index (κ3) is 10.3. The van der Waals surface area contributed by atoms with E-state index < -0.39 is 17.8 Å². The molecule has 2 unspecified atom stereocenters. The molecule has 0 rings (SSSR count). The van der Waals surface area contributed by atoms with Crippen LogP contribution < -0.4 is 5.32 Å². The van der Waals surface area contributed by atoms with Crippen molar-refractivity contribution in [2.24, 2.45) is 0 Å². The van der Waals surface area contributed by atoms with Crippen LogP contribution in [0, 0.1) is 0 Å². The molecule has 1 N–H and O–H groups in total. The van der Waals surface area contributed by atoms with Crippen LogP contribution in [-0.2, 0) is 13.9 Å². The SMILES string of the molecule is CCCOC(OCCC)[SiH2]C(CC)NC(CC)[Si](C)(C)OCCC. The Kier molecular flexibility index (Phi) is 14.6. The predicted octanol–water partition coefficient (Wildman–Crippen LogP) is 3.57. The molecule has 0 saturated carbocycles. The molecule has 0 saturated heterocycles. The van der Waals surface area contributed by atoms with Gasteiger partial charge in [0, 0.05) is 25.5 Å². The average Bonchev–Trinajstić information content (AvgIpc) is 2.58. The van der Waals surface area contributed by atoms with Crippen molar-refractivity contribution in [1.82, 2.24) is 5.32 Å². The molecule has 0 radical (unpaired) electrons. The Hall–Kier alpha value is 0.274. The van der Waals surface area contributed by atoms with Crippen LogP contribution in [0.3, 0.4) is 0 Å². The molecule has 0 aliphatic heterocycles. The summed E-state index contributed by atoms with van der Waals surface area (Å²) < 4.78 is 18.2.